The standard InChI is InChI=1S/C13H13NO3S3/c15-11(16)5-1-2-6-14-12(17)10(20-13(14)18)8-9-4-3-7-19-9/h3-4,7-8H,1-2,5-6H2,(H,15,16)/b10-8+. The molecule has 1 saturated heterocycles. The molecule has 0 atom stereocenters. The van der Waals surface area contributed by atoms with E-state index in [0.717, 1.165) is 4.88 Å². The summed E-state index contributed by atoms with van der Waals surface area (Å²) in [5, 5.41) is 10.5. The number of carboxylic acid groups (broad SMARTS) is 1. The second-order valence-corrected chi connectivity index (χ2v) is 6.85. The molecule has 2 heterocycles. The molecular formula is C13H13NO3S3. The molecule has 106 valence electrons. The van der Waals surface area contributed by atoms with Crippen LogP contribution in [0.4, 0.5) is 0 Å². The number of thiophene rings is 1. The van der Waals surface area contributed by atoms with Crippen LogP contribution in [0.1, 0.15) is 24.1 Å². The summed E-state index contributed by atoms with van der Waals surface area (Å²) in [7, 11) is 0. The van der Waals surface area contributed by atoms with Gasteiger partial charge in [0.1, 0.15) is 4.32 Å². The van der Waals surface area contributed by atoms with Gasteiger partial charge in [0.05, 0.1) is 4.91 Å². The largest absolute Gasteiger partial charge is 0.481 e. The van der Waals surface area contributed by atoms with Gasteiger partial charge in [0.25, 0.3) is 5.91 Å². The zero-order chi connectivity index (χ0) is 14.5. The average molecular weight is 327 g/mol. The van der Waals surface area contributed by atoms with E-state index in [-0.39, 0.29) is 12.3 Å². The van der Waals surface area contributed by atoms with Crippen molar-refractivity contribution in [2.24, 2.45) is 0 Å². The summed E-state index contributed by atoms with van der Waals surface area (Å²) in [4.78, 5) is 25.9. The number of hydrogen-bond acceptors (Lipinski definition) is 5. The van der Waals surface area contributed by atoms with E-state index in [1.807, 2.05) is 23.6 Å². The minimum absolute atomic E-state index is 0.0799. The van der Waals surface area contributed by atoms with E-state index in [4.69, 9.17) is 17.3 Å². The Bertz CT molecular complexity index is 551. The lowest BCUT2D eigenvalue weighted by molar-refractivity contribution is -0.137. The number of nitrogens with zero attached hydrogens (tertiary/aromatic N) is 1. The number of carbonyl (C=O) groups is 2. The van der Waals surface area contributed by atoms with Gasteiger partial charge in [0.15, 0.2) is 0 Å². The Hall–Kier alpha value is -1.18. The predicted octanol–water partition coefficient (Wildman–Crippen LogP) is 3.20. The lowest BCUT2D eigenvalue weighted by Gasteiger charge is -2.13. The molecule has 7 heteroatoms. The Labute approximate surface area is 130 Å². The predicted molar refractivity (Wildman–Crippen MR) is 85.7 cm³/mol. The van der Waals surface area contributed by atoms with Crippen molar-refractivity contribution in [3.63, 3.8) is 0 Å². The molecule has 1 N–H and O–H groups in total. The van der Waals surface area contributed by atoms with Gasteiger partial charge in [-0.15, -0.1) is 11.3 Å². The first-order chi connectivity index (χ1) is 9.58. The van der Waals surface area contributed by atoms with Crippen LogP contribution < -0.4 is 0 Å². The Balaban J connectivity index is 1.93. The maximum atomic E-state index is 12.2. The molecule has 4 nitrogen and oxygen atoms in total. The van der Waals surface area contributed by atoms with Crippen LogP contribution in [0, 0.1) is 0 Å². The van der Waals surface area contributed by atoms with Gasteiger partial charge >= 0.3 is 5.97 Å². The van der Waals surface area contributed by atoms with Crippen LogP contribution >= 0.6 is 35.3 Å². The molecule has 1 aliphatic heterocycles. The second-order valence-electron chi connectivity index (χ2n) is 4.20. The van der Waals surface area contributed by atoms with Crippen LogP contribution in [-0.4, -0.2) is 32.7 Å². The Morgan fingerprint density at radius 2 is 2.25 bits per heavy atom. The molecule has 0 radical (unpaired) electrons. The van der Waals surface area contributed by atoms with Gasteiger partial charge in [-0.25, -0.2) is 0 Å². The first-order valence-electron chi connectivity index (χ1n) is 6.08. The number of thioether (sulfide) groups is 1. The van der Waals surface area contributed by atoms with Crippen LogP contribution in [0.3, 0.4) is 0 Å². The van der Waals surface area contributed by atoms with E-state index in [9.17, 15) is 9.59 Å². The van der Waals surface area contributed by atoms with E-state index < -0.39 is 5.97 Å². The highest BCUT2D eigenvalue weighted by Gasteiger charge is 2.31. The number of carboxylic acids is 1. The summed E-state index contributed by atoms with van der Waals surface area (Å²) >= 11 is 8.08. The fourth-order valence-electron chi connectivity index (χ4n) is 1.74. The van der Waals surface area contributed by atoms with Crippen LogP contribution in [-0.2, 0) is 9.59 Å². The first-order valence-corrected chi connectivity index (χ1v) is 8.19. The third kappa shape index (κ3) is 3.91. The number of amides is 1. The maximum Gasteiger partial charge on any atom is 0.303 e. The molecule has 2 rings (SSSR count). The van der Waals surface area contributed by atoms with Crippen LogP contribution in [0.5, 0.6) is 0 Å². The Kier molecular flexibility index (Phi) is 5.33. The summed E-state index contributed by atoms with van der Waals surface area (Å²) < 4.78 is 0.549. The number of carbonyl (C=O) groups excluding carboxylic acids is 1. The number of aliphatic carboxylic acids is 1. The van der Waals surface area contributed by atoms with E-state index >= 15 is 0 Å². The minimum Gasteiger partial charge on any atom is -0.481 e. The van der Waals surface area contributed by atoms with Crippen molar-refractivity contribution in [3.05, 3.63) is 27.3 Å². The number of unbranched alkanes of at least 4 members (excludes halogenated alkanes) is 1. The zero-order valence-corrected chi connectivity index (χ0v) is 13.0. The minimum atomic E-state index is -0.812. The monoisotopic (exact) mass is 327 g/mol. The summed E-state index contributed by atoms with van der Waals surface area (Å²) in [6.45, 7) is 0.486. The van der Waals surface area contributed by atoms with Crippen molar-refractivity contribution in [2.45, 2.75) is 19.3 Å². The van der Waals surface area contributed by atoms with Gasteiger partial charge in [-0.1, -0.05) is 30.0 Å². The summed E-state index contributed by atoms with van der Waals surface area (Å²) in [5.74, 6) is -0.892. The second kappa shape index (κ2) is 7.01. The summed E-state index contributed by atoms with van der Waals surface area (Å²) in [5.41, 5.74) is 0. The number of rotatable bonds is 6. The molecule has 1 amide bonds. The number of hydrogen-bond donors (Lipinski definition) is 1. The van der Waals surface area contributed by atoms with Crippen molar-refractivity contribution in [1.82, 2.24) is 4.90 Å². The smallest absolute Gasteiger partial charge is 0.303 e. The van der Waals surface area contributed by atoms with Crippen molar-refractivity contribution in [3.8, 4) is 0 Å². The Morgan fingerprint density at radius 3 is 2.90 bits per heavy atom. The lowest BCUT2D eigenvalue weighted by atomic mass is 10.2. The normalized spacial score (nSPS) is 17.2. The molecule has 1 aromatic rings. The molecule has 0 spiro atoms. The van der Waals surface area contributed by atoms with Gasteiger partial charge in [0, 0.05) is 17.8 Å². The Morgan fingerprint density at radius 1 is 1.45 bits per heavy atom. The lowest BCUT2D eigenvalue weighted by Crippen LogP contribution is -2.29. The van der Waals surface area contributed by atoms with Gasteiger partial charge in [0.2, 0.25) is 0 Å². The third-order valence-electron chi connectivity index (χ3n) is 2.71. The van der Waals surface area contributed by atoms with Crippen molar-refractivity contribution in [1.29, 1.82) is 0 Å². The van der Waals surface area contributed by atoms with Gasteiger partial charge in [-0.3, -0.25) is 14.5 Å². The van der Waals surface area contributed by atoms with Crippen molar-refractivity contribution < 1.29 is 14.7 Å². The van der Waals surface area contributed by atoms with Gasteiger partial charge < -0.3 is 5.11 Å². The quantitative estimate of drug-likeness (QED) is 0.494. The summed E-state index contributed by atoms with van der Waals surface area (Å²) in [6.07, 6.45) is 3.17. The SMILES string of the molecule is O=C(O)CCCCN1C(=O)/C(=C\c2cccs2)SC1=S. The molecular weight excluding hydrogens is 314 g/mol. The molecule has 0 unspecified atom stereocenters. The molecule has 0 aliphatic carbocycles. The molecule has 0 aromatic carbocycles. The van der Waals surface area contributed by atoms with Gasteiger partial charge in [-0.05, 0) is 30.4 Å². The number of thiocarbonyl (C=S) groups is 1. The van der Waals surface area contributed by atoms with Crippen molar-refractivity contribution in [2.75, 3.05) is 6.54 Å². The van der Waals surface area contributed by atoms with E-state index in [2.05, 4.69) is 0 Å². The third-order valence-corrected chi connectivity index (χ3v) is 4.91. The molecule has 20 heavy (non-hydrogen) atoms. The van der Waals surface area contributed by atoms with E-state index in [1.54, 1.807) is 16.2 Å². The highest BCUT2D eigenvalue weighted by atomic mass is 32.2. The average Bonchev–Trinajstić information content (AvgIpc) is 2.97. The van der Waals surface area contributed by atoms with E-state index in [1.165, 1.54) is 11.8 Å². The highest BCUT2D eigenvalue weighted by Crippen LogP contribution is 2.33. The zero-order valence-electron chi connectivity index (χ0n) is 10.6. The molecule has 0 bridgehead atoms. The topological polar surface area (TPSA) is 57.6 Å². The molecule has 1 aromatic heterocycles. The molecule has 0 saturated carbocycles. The first kappa shape index (κ1) is 15.2. The fraction of sp³-hybridized carbons (Fsp3) is 0.308. The molecule has 1 fully saturated rings. The van der Waals surface area contributed by atoms with Gasteiger partial charge in [-0.2, -0.15) is 0 Å². The fourth-order valence-corrected chi connectivity index (χ4v) is 3.77. The van der Waals surface area contributed by atoms with Crippen molar-refractivity contribution >= 4 is 57.6 Å². The van der Waals surface area contributed by atoms with Crippen LogP contribution in [0.15, 0.2) is 22.4 Å². The summed E-state index contributed by atoms with van der Waals surface area (Å²) in [6, 6.07) is 3.88. The van der Waals surface area contributed by atoms with Crippen LogP contribution in [0.25, 0.3) is 6.08 Å². The van der Waals surface area contributed by atoms with E-state index in [0.29, 0.717) is 28.6 Å². The van der Waals surface area contributed by atoms with Crippen LogP contribution in [0.2, 0.25) is 0 Å². The maximum absolute atomic E-state index is 12.2. The molecule has 1 aliphatic rings. The highest BCUT2D eigenvalue weighted by molar-refractivity contribution is 8.26.